The highest BCUT2D eigenvalue weighted by Gasteiger charge is 2.06. The molecule has 0 saturated carbocycles. The number of hydrogen-bond acceptors (Lipinski definition) is 4. The van der Waals surface area contributed by atoms with Crippen LogP contribution in [0.5, 0.6) is 11.5 Å². The van der Waals surface area contributed by atoms with Crippen molar-refractivity contribution in [2.75, 3.05) is 14.2 Å². The topological polar surface area (TPSA) is 61.6 Å². The lowest BCUT2D eigenvalue weighted by molar-refractivity contribution is -0.384. The van der Waals surface area contributed by atoms with Crippen LogP contribution >= 0.6 is 0 Å². The Morgan fingerprint density at radius 2 is 1.48 bits per heavy atom. The smallest absolute Gasteiger partial charge is 0.269 e. The summed E-state index contributed by atoms with van der Waals surface area (Å²) in [5, 5.41) is 10.6. The Kier molecular flexibility index (Phi) is 4.77. The van der Waals surface area contributed by atoms with E-state index in [2.05, 4.69) is 0 Å². The zero-order valence-corrected chi connectivity index (χ0v) is 12.0. The van der Waals surface area contributed by atoms with Crippen LogP contribution in [0.4, 0.5) is 5.69 Å². The molecular weight excluding hydrogens is 270 g/mol. The number of nitrogens with zero attached hydrogens (tertiary/aromatic N) is 1. The number of nitro benzene ring substituents is 1. The van der Waals surface area contributed by atoms with Crippen LogP contribution in [-0.2, 0) is 12.8 Å². The fraction of sp³-hybridized carbons (Fsp3) is 0.250. The number of hydrogen-bond donors (Lipinski definition) is 0. The Balaban J connectivity index is 2.04. The predicted molar refractivity (Wildman–Crippen MR) is 80.1 cm³/mol. The summed E-state index contributed by atoms with van der Waals surface area (Å²) >= 11 is 0. The first-order chi connectivity index (χ1) is 10.1. The third-order valence-corrected chi connectivity index (χ3v) is 3.30. The molecule has 0 bridgehead atoms. The molecule has 0 aliphatic rings. The van der Waals surface area contributed by atoms with E-state index in [4.69, 9.17) is 9.47 Å². The Morgan fingerprint density at radius 1 is 0.905 bits per heavy atom. The number of benzene rings is 2. The van der Waals surface area contributed by atoms with E-state index in [0.29, 0.717) is 11.5 Å². The molecule has 0 radical (unpaired) electrons. The van der Waals surface area contributed by atoms with E-state index in [0.717, 1.165) is 24.0 Å². The van der Waals surface area contributed by atoms with Crippen molar-refractivity contribution in [3.05, 3.63) is 63.7 Å². The molecule has 5 heteroatoms. The number of methoxy groups -OCH3 is 2. The van der Waals surface area contributed by atoms with Gasteiger partial charge in [-0.05, 0) is 36.1 Å². The molecule has 0 atom stereocenters. The van der Waals surface area contributed by atoms with Crippen molar-refractivity contribution in [2.24, 2.45) is 0 Å². The highest BCUT2D eigenvalue weighted by Crippen LogP contribution is 2.28. The minimum Gasteiger partial charge on any atom is -0.493 e. The summed E-state index contributed by atoms with van der Waals surface area (Å²) in [6, 6.07) is 12.5. The van der Waals surface area contributed by atoms with Gasteiger partial charge in [0, 0.05) is 12.1 Å². The largest absolute Gasteiger partial charge is 0.493 e. The van der Waals surface area contributed by atoms with Crippen molar-refractivity contribution in [3.8, 4) is 11.5 Å². The highest BCUT2D eigenvalue weighted by atomic mass is 16.6. The van der Waals surface area contributed by atoms with Crippen molar-refractivity contribution < 1.29 is 14.4 Å². The summed E-state index contributed by atoms with van der Waals surface area (Å²) < 4.78 is 10.5. The average Bonchev–Trinajstić information content (AvgIpc) is 2.52. The summed E-state index contributed by atoms with van der Waals surface area (Å²) in [4.78, 5) is 10.2. The SMILES string of the molecule is COc1ccc(CCc2ccc([N+](=O)[O-])cc2)cc1OC. The highest BCUT2D eigenvalue weighted by molar-refractivity contribution is 5.43. The molecule has 0 aliphatic carbocycles. The van der Waals surface area contributed by atoms with Gasteiger partial charge in [0.05, 0.1) is 19.1 Å². The normalized spacial score (nSPS) is 10.2. The molecule has 0 spiro atoms. The maximum absolute atomic E-state index is 10.6. The van der Waals surface area contributed by atoms with Crippen molar-refractivity contribution in [1.82, 2.24) is 0 Å². The number of aryl methyl sites for hydroxylation is 2. The molecule has 0 N–H and O–H groups in total. The lowest BCUT2D eigenvalue weighted by atomic mass is 10.0. The van der Waals surface area contributed by atoms with Crippen molar-refractivity contribution in [2.45, 2.75) is 12.8 Å². The molecule has 2 aromatic rings. The summed E-state index contributed by atoms with van der Waals surface area (Å²) in [6.45, 7) is 0. The second-order valence-corrected chi connectivity index (χ2v) is 4.61. The van der Waals surface area contributed by atoms with Gasteiger partial charge in [-0.2, -0.15) is 0 Å². The molecule has 2 rings (SSSR count). The Bertz CT molecular complexity index is 623. The van der Waals surface area contributed by atoms with Crippen LogP contribution in [0.3, 0.4) is 0 Å². The van der Waals surface area contributed by atoms with Crippen molar-refractivity contribution in [1.29, 1.82) is 0 Å². The Labute approximate surface area is 123 Å². The first-order valence-corrected chi connectivity index (χ1v) is 6.58. The van der Waals surface area contributed by atoms with Crippen molar-refractivity contribution >= 4 is 5.69 Å². The lowest BCUT2D eigenvalue weighted by Gasteiger charge is -2.09. The molecule has 0 aliphatic heterocycles. The van der Waals surface area contributed by atoms with Gasteiger partial charge in [-0.25, -0.2) is 0 Å². The molecule has 110 valence electrons. The van der Waals surface area contributed by atoms with Gasteiger partial charge < -0.3 is 9.47 Å². The number of nitro groups is 1. The van der Waals surface area contributed by atoms with Gasteiger partial charge in [0.2, 0.25) is 0 Å². The molecule has 0 fully saturated rings. The fourth-order valence-electron chi connectivity index (χ4n) is 2.11. The first kappa shape index (κ1) is 14.8. The van der Waals surface area contributed by atoms with Crippen LogP contribution in [0.25, 0.3) is 0 Å². The van der Waals surface area contributed by atoms with Gasteiger partial charge in [-0.3, -0.25) is 10.1 Å². The number of rotatable bonds is 6. The predicted octanol–water partition coefficient (Wildman–Crippen LogP) is 3.40. The molecule has 0 amide bonds. The Morgan fingerprint density at radius 3 is 2.05 bits per heavy atom. The van der Waals surface area contributed by atoms with Gasteiger partial charge in [0.25, 0.3) is 5.69 Å². The molecular formula is C16H17NO4. The zero-order chi connectivity index (χ0) is 15.2. The fourth-order valence-corrected chi connectivity index (χ4v) is 2.11. The molecule has 0 unspecified atom stereocenters. The zero-order valence-electron chi connectivity index (χ0n) is 12.0. The summed E-state index contributed by atoms with van der Waals surface area (Å²) in [6.07, 6.45) is 1.64. The van der Waals surface area contributed by atoms with Crippen LogP contribution in [0, 0.1) is 10.1 Å². The van der Waals surface area contributed by atoms with E-state index in [1.165, 1.54) is 12.1 Å². The second kappa shape index (κ2) is 6.74. The van der Waals surface area contributed by atoms with Crippen molar-refractivity contribution in [3.63, 3.8) is 0 Å². The van der Waals surface area contributed by atoms with Crippen LogP contribution < -0.4 is 9.47 Å². The van der Waals surface area contributed by atoms with Gasteiger partial charge in [0.15, 0.2) is 11.5 Å². The summed E-state index contributed by atoms with van der Waals surface area (Å²) in [5.74, 6) is 1.41. The van der Waals surface area contributed by atoms with Gasteiger partial charge >= 0.3 is 0 Å². The minimum atomic E-state index is -0.391. The third-order valence-electron chi connectivity index (χ3n) is 3.30. The molecule has 21 heavy (non-hydrogen) atoms. The van der Waals surface area contributed by atoms with E-state index in [9.17, 15) is 10.1 Å². The van der Waals surface area contributed by atoms with Gasteiger partial charge in [0.1, 0.15) is 0 Å². The molecule has 0 aromatic heterocycles. The number of non-ortho nitro benzene ring substituents is 1. The maximum Gasteiger partial charge on any atom is 0.269 e. The van der Waals surface area contributed by atoms with Crippen LogP contribution in [-0.4, -0.2) is 19.1 Å². The van der Waals surface area contributed by atoms with Gasteiger partial charge in [-0.15, -0.1) is 0 Å². The first-order valence-electron chi connectivity index (χ1n) is 6.58. The van der Waals surface area contributed by atoms with Gasteiger partial charge in [-0.1, -0.05) is 18.2 Å². The van der Waals surface area contributed by atoms with E-state index in [1.54, 1.807) is 26.4 Å². The monoisotopic (exact) mass is 287 g/mol. The van der Waals surface area contributed by atoms with Crippen LogP contribution in [0.15, 0.2) is 42.5 Å². The van der Waals surface area contributed by atoms with Crippen LogP contribution in [0.2, 0.25) is 0 Å². The molecule has 5 nitrogen and oxygen atoms in total. The van der Waals surface area contributed by atoms with E-state index < -0.39 is 4.92 Å². The molecule has 2 aromatic carbocycles. The third kappa shape index (κ3) is 3.72. The minimum absolute atomic E-state index is 0.116. The average molecular weight is 287 g/mol. The maximum atomic E-state index is 10.6. The number of ether oxygens (including phenoxy) is 2. The summed E-state index contributed by atoms with van der Waals surface area (Å²) in [5.41, 5.74) is 2.31. The van der Waals surface area contributed by atoms with E-state index in [-0.39, 0.29) is 5.69 Å². The lowest BCUT2D eigenvalue weighted by Crippen LogP contribution is -1.95. The van der Waals surface area contributed by atoms with Crippen LogP contribution in [0.1, 0.15) is 11.1 Å². The Hall–Kier alpha value is -2.56. The quantitative estimate of drug-likeness (QED) is 0.603. The standard InChI is InChI=1S/C16H17NO4/c1-20-15-10-7-13(11-16(15)21-2)4-3-12-5-8-14(9-6-12)17(18)19/h5-11H,3-4H2,1-2H3. The second-order valence-electron chi connectivity index (χ2n) is 4.61. The van der Waals surface area contributed by atoms with E-state index >= 15 is 0 Å². The van der Waals surface area contributed by atoms with E-state index in [1.807, 2.05) is 18.2 Å². The molecule has 0 heterocycles. The summed E-state index contributed by atoms with van der Waals surface area (Å²) in [7, 11) is 3.21. The molecule has 0 saturated heterocycles.